The second-order valence-electron chi connectivity index (χ2n) is 8.40. The Hall–Kier alpha value is -3.04. The SMILES string of the molecule is Cc1ncc(Cl)cc1NCc1ccc(C(=O)N[C@@H](CC2CCCC2)C(=O)Nc2cnccn2)s1. The molecule has 0 aliphatic heterocycles. The summed E-state index contributed by atoms with van der Waals surface area (Å²) in [7, 11) is 0. The maximum absolute atomic E-state index is 13.0. The molecule has 1 aliphatic rings. The lowest BCUT2D eigenvalue weighted by atomic mass is 9.97. The number of hydrogen-bond acceptors (Lipinski definition) is 7. The van der Waals surface area contributed by atoms with Gasteiger partial charge in [0.2, 0.25) is 5.91 Å². The zero-order valence-corrected chi connectivity index (χ0v) is 20.5. The monoisotopic (exact) mass is 498 g/mol. The zero-order valence-electron chi connectivity index (χ0n) is 18.9. The molecule has 178 valence electrons. The van der Waals surface area contributed by atoms with Gasteiger partial charge in [-0.1, -0.05) is 37.3 Å². The largest absolute Gasteiger partial charge is 0.379 e. The first-order valence-electron chi connectivity index (χ1n) is 11.3. The molecule has 2 amide bonds. The van der Waals surface area contributed by atoms with Crippen LogP contribution < -0.4 is 16.0 Å². The van der Waals surface area contributed by atoms with E-state index in [1.54, 1.807) is 18.5 Å². The molecule has 0 unspecified atom stereocenters. The van der Waals surface area contributed by atoms with Crippen molar-refractivity contribution in [2.75, 3.05) is 10.6 Å². The number of nitrogens with one attached hydrogen (secondary N) is 3. The van der Waals surface area contributed by atoms with Gasteiger partial charge in [0.15, 0.2) is 5.82 Å². The Balaban J connectivity index is 1.39. The highest BCUT2D eigenvalue weighted by Gasteiger charge is 2.27. The Morgan fingerprint density at radius 1 is 1.18 bits per heavy atom. The molecule has 4 rings (SSSR count). The summed E-state index contributed by atoms with van der Waals surface area (Å²) >= 11 is 7.43. The van der Waals surface area contributed by atoms with Crippen molar-refractivity contribution in [2.45, 2.75) is 51.6 Å². The van der Waals surface area contributed by atoms with Gasteiger partial charge in [-0.2, -0.15) is 0 Å². The number of halogens is 1. The van der Waals surface area contributed by atoms with E-state index in [1.165, 1.54) is 36.6 Å². The van der Waals surface area contributed by atoms with Crippen molar-refractivity contribution in [3.8, 4) is 0 Å². The maximum Gasteiger partial charge on any atom is 0.262 e. The van der Waals surface area contributed by atoms with Crippen LogP contribution in [0.5, 0.6) is 0 Å². The van der Waals surface area contributed by atoms with E-state index in [1.807, 2.05) is 19.1 Å². The predicted molar refractivity (Wildman–Crippen MR) is 134 cm³/mol. The highest BCUT2D eigenvalue weighted by molar-refractivity contribution is 7.14. The first kappa shape index (κ1) is 24.1. The second-order valence-corrected chi connectivity index (χ2v) is 10.0. The van der Waals surface area contributed by atoms with E-state index in [0.717, 1.165) is 29.1 Å². The van der Waals surface area contributed by atoms with Crippen LogP contribution in [0.2, 0.25) is 5.02 Å². The number of amides is 2. The average Bonchev–Trinajstić information content (AvgIpc) is 3.52. The van der Waals surface area contributed by atoms with E-state index in [4.69, 9.17) is 11.6 Å². The van der Waals surface area contributed by atoms with Crippen LogP contribution in [0.15, 0.2) is 43.0 Å². The van der Waals surface area contributed by atoms with Gasteiger partial charge < -0.3 is 16.0 Å². The van der Waals surface area contributed by atoms with Crippen molar-refractivity contribution in [3.05, 3.63) is 63.5 Å². The number of carbonyl (C=O) groups is 2. The summed E-state index contributed by atoms with van der Waals surface area (Å²) < 4.78 is 0. The quantitative estimate of drug-likeness (QED) is 0.390. The molecular weight excluding hydrogens is 472 g/mol. The zero-order chi connectivity index (χ0) is 23.9. The third kappa shape index (κ3) is 6.51. The van der Waals surface area contributed by atoms with E-state index in [2.05, 4.69) is 30.9 Å². The summed E-state index contributed by atoms with van der Waals surface area (Å²) in [4.78, 5) is 39.9. The molecule has 3 aromatic heterocycles. The Bertz CT molecular complexity index is 1130. The van der Waals surface area contributed by atoms with Gasteiger partial charge in [0, 0.05) is 30.0 Å². The fourth-order valence-electron chi connectivity index (χ4n) is 4.08. The van der Waals surface area contributed by atoms with Crippen molar-refractivity contribution in [2.24, 2.45) is 5.92 Å². The fourth-order valence-corrected chi connectivity index (χ4v) is 5.09. The predicted octanol–water partition coefficient (Wildman–Crippen LogP) is 4.82. The van der Waals surface area contributed by atoms with Crippen molar-refractivity contribution in [1.82, 2.24) is 20.3 Å². The first-order valence-corrected chi connectivity index (χ1v) is 12.5. The number of anilines is 2. The number of hydrogen-bond donors (Lipinski definition) is 3. The molecule has 0 radical (unpaired) electrons. The molecule has 3 aromatic rings. The molecule has 0 aromatic carbocycles. The number of aryl methyl sites for hydroxylation is 1. The van der Waals surface area contributed by atoms with Gasteiger partial charge in [-0.3, -0.25) is 19.6 Å². The highest BCUT2D eigenvalue weighted by Crippen LogP contribution is 2.29. The Kier molecular flexibility index (Phi) is 8.08. The fraction of sp³-hybridized carbons (Fsp3) is 0.375. The number of rotatable bonds is 9. The summed E-state index contributed by atoms with van der Waals surface area (Å²) in [6.45, 7) is 2.45. The molecule has 0 bridgehead atoms. The van der Waals surface area contributed by atoms with Gasteiger partial charge in [-0.05, 0) is 37.5 Å². The molecule has 3 heterocycles. The molecule has 10 heteroatoms. The highest BCUT2D eigenvalue weighted by atomic mass is 35.5. The van der Waals surface area contributed by atoms with Crippen molar-refractivity contribution in [1.29, 1.82) is 0 Å². The number of pyridine rings is 1. The van der Waals surface area contributed by atoms with Gasteiger partial charge in [0.25, 0.3) is 5.91 Å². The lowest BCUT2D eigenvalue weighted by molar-refractivity contribution is -0.118. The Morgan fingerprint density at radius 2 is 2.00 bits per heavy atom. The van der Waals surface area contributed by atoms with E-state index >= 15 is 0 Å². The van der Waals surface area contributed by atoms with E-state index in [-0.39, 0.29) is 11.8 Å². The van der Waals surface area contributed by atoms with Gasteiger partial charge in [0.1, 0.15) is 6.04 Å². The molecule has 3 N–H and O–H groups in total. The molecular formula is C24H27ClN6O2S. The van der Waals surface area contributed by atoms with E-state index in [9.17, 15) is 9.59 Å². The molecule has 1 fully saturated rings. The summed E-state index contributed by atoms with van der Waals surface area (Å²) in [5.74, 6) is 0.265. The second kappa shape index (κ2) is 11.4. The van der Waals surface area contributed by atoms with Crippen molar-refractivity contribution >= 4 is 46.3 Å². The summed E-state index contributed by atoms with van der Waals surface area (Å²) in [6, 6.07) is 4.88. The molecule has 0 spiro atoms. The van der Waals surface area contributed by atoms with Crippen molar-refractivity contribution in [3.63, 3.8) is 0 Å². The normalized spacial score (nSPS) is 14.5. The average molecular weight is 499 g/mol. The Labute approximate surface area is 207 Å². The number of nitrogens with zero attached hydrogens (tertiary/aromatic N) is 3. The molecule has 1 aliphatic carbocycles. The number of thiophene rings is 1. The van der Waals surface area contributed by atoms with Crippen LogP contribution in [0, 0.1) is 12.8 Å². The van der Waals surface area contributed by atoms with Crippen LogP contribution in [-0.4, -0.2) is 32.8 Å². The summed E-state index contributed by atoms with van der Waals surface area (Å²) in [6.07, 6.45) is 11.3. The first-order chi connectivity index (χ1) is 16.5. The standard InChI is InChI=1S/C24H27ClN6O2S/c1-15-19(11-17(25)12-28-15)29-13-18-6-7-21(34-18)24(33)30-20(10-16-4-2-3-5-16)23(32)31-22-14-26-8-9-27-22/h6-9,11-12,14,16,20,29H,2-5,10,13H2,1H3,(H,30,33)(H,27,31,32)/t20-/m0/s1. The molecule has 0 saturated heterocycles. The molecule has 1 atom stereocenters. The van der Waals surface area contributed by atoms with Crippen LogP contribution in [0.25, 0.3) is 0 Å². The molecule has 8 nitrogen and oxygen atoms in total. The topological polar surface area (TPSA) is 109 Å². The van der Waals surface area contributed by atoms with Crippen LogP contribution >= 0.6 is 22.9 Å². The van der Waals surface area contributed by atoms with Gasteiger partial charge in [0.05, 0.1) is 27.5 Å². The van der Waals surface area contributed by atoms with Gasteiger partial charge >= 0.3 is 0 Å². The lowest BCUT2D eigenvalue weighted by Gasteiger charge is -2.21. The van der Waals surface area contributed by atoms with Crippen LogP contribution in [0.1, 0.15) is 52.3 Å². The van der Waals surface area contributed by atoms with Crippen LogP contribution in [0.4, 0.5) is 11.5 Å². The summed E-state index contributed by atoms with van der Waals surface area (Å²) in [5, 5.41) is 9.60. The van der Waals surface area contributed by atoms with Gasteiger partial charge in [-0.15, -0.1) is 11.3 Å². The Morgan fingerprint density at radius 3 is 2.76 bits per heavy atom. The number of carbonyl (C=O) groups excluding carboxylic acids is 2. The lowest BCUT2D eigenvalue weighted by Crippen LogP contribution is -2.44. The van der Waals surface area contributed by atoms with Gasteiger partial charge in [-0.25, -0.2) is 4.98 Å². The van der Waals surface area contributed by atoms with E-state index < -0.39 is 6.04 Å². The molecule has 34 heavy (non-hydrogen) atoms. The minimum Gasteiger partial charge on any atom is -0.379 e. The minimum atomic E-state index is -0.638. The third-order valence-corrected chi connectivity index (χ3v) is 7.16. The van der Waals surface area contributed by atoms with E-state index in [0.29, 0.717) is 34.6 Å². The summed E-state index contributed by atoms with van der Waals surface area (Å²) in [5.41, 5.74) is 1.70. The third-order valence-electron chi connectivity index (χ3n) is 5.87. The number of aromatic nitrogens is 3. The van der Waals surface area contributed by atoms with Crippen LogP contribution in [0.3, 0.4) is 0 Å². The smallest absolute Gasteiger partial charge is 0.262 e. The minimum absolute atomic E-state index is 0.255. The maximum atomic E-state index is 13.0. The van der Waals surface area contributed by atoms with Crippen molar-refractivity contribution < 1.29 is 9.59 Å². The van der Waals surface area contributed by atoms with Crippen LogP contribution in [-0.2, 0) is 11.3 Å². The molecule has 1 saturated carbocycles.